The van der Waals surface area contributed by atoms with Crippen molar-refractivity contribution < 1.29 is 5.11 Å². The van der Waals surface area contributed by atoms with Crippen LogP contribution in [0.3, 0.4) is 0 Å². The van der Waals surface area contributed by atoms with Crippen molar-refractivity contribution >= 4 is 22.5 Å². The van der Waals surface area contributed by atoms with Gasteiger partial charge in [0.05, 0.1) is 6.61 Å². The highest BCUT2D eigenvalue weighted by Gasteiger charge is 2.00. The van der Waals surface area contributed by atoms with E-state index >= 15 is 0 Å². The Kier molecular flexibility index (Phi) is 2.70. The molecule has 0 unspecified atom stereocenters. The van der Waals surface area contributed by atoms with E-state index in [-0.39, 0.29) is 6.61 Å². The summed E-state index contributed by atoms with van der Waals surface area (Å²) in [7, 11) is 0. The maximum absolute atomic E-state index is 8.74. The Morgan fingerprint density at radius 3 is 2.53 bits per heavy atom. The maximum atomic E-state index is 8.74. The average Bonchev–Trinajstić information content (AvgIpc) is 2.29. The quantitative estimate of drug-likeness (QED) is 0.730. The maximum Gasteiger partial charge on any atom is 0.0615 e. The molecular formula is C13H13NO. The van der Waals surface area contributed by atoms with Crippen molar-refractivity contribution in [2.24, 2.45) is 0 Å². The molecule has 0 fully saturated rings. The highest BCUT2D eigenvalue weighted by Crippen LogP contribution is 2.25. The average molecular weight is 199 g/mol. The molecule has 0 heterocycles. The van der Waals surface area contributed by atoms with Crippen LogP contribution in [0.1, 0.15) is 5.56 Å². The number of hydrogen-bond acceptors (Lipinski definition) is 2. The molecule has 0 saturated carbocycles. The summed E-state index contributed by atoms with van der Waals surface area (Å²) in [5, 5.41) is 10.9. The lowest BCUT2D eigenvalue weighted by molar-refractivity contribution is 0.343. The molecule has 2 aromatic carbocycles. The minimum absolute atomic E-state index is 0.0543. The Bertz CT molecular complexity index is 503. The van der Waals surface area contributed by atoms with Gasteiger partial charge in [-0.2, -0.15) is 0 Å². The number of aliphatic hydroxyl groups excluding tert-OH is 1. The van der Waals surface area contributed by atoms with Crippen LogP contribution in [0.4, 0.5) is 5.69 Å². The van der Waals surface area contributed by atoms with Gasteiger partial charge in [0.1, 0.15) is 0 Å². The predicted octanol–water partition coefficient (Wildman–Crippen LogP) is 2.43. The van der Waals surface area contributed by atoms with E-state index in [2.05, 4.69) is 0 Å². The zero-order valence-electron chi connectivity index (χ0n) is 8.35. The van der Waals surface area contributed by atoms with Crippen LogP contribution in [0.25, 0.3) is 16.8 Å². The monoisotopic (exact) mass is 199 g/mol. The molecule has 2 nitrogen and oxygen atoms in total. The zero-order valence-corrected chi connectivity index (χ0v) is 8.35. The molecule has 3 N–H and O–H groups in total. The van der Waals surface area contributed by atoms with Crippen molar-refractivity contribution in [3.05, 3.63) is 48.0 Å². The van der Waals surface area contributed by atoms with Crippen LogP contribution in [0.15, 0.2) is 42.5 Å². The third-order valence-electron chi connectivity index (χ3n) is 2.39. The third kappa shape index (κ3) is 1.85. The van der Waals surface area contributed by atoms with Crippen LogP contribution in [0.2, 0.25) is 0 Å². The molecule has 0 atom stereocenters. The molecule has 0 amide bonds. The first-order valence-electron chi connectivity index (χ1n) is 4.87. The van der Waals surface area contributed by atoms with Gasteiger partial charge in [0.15, 0.2) is 0 Å². The Balaban J connectivity index is 2.66. The fourth-order valence-corrected chi connectivity index (χ4v) is 1.67. The number of nitrogen functional groups attached to an aromatic ring is 1. The number of hydrogen-bond donors (Lipinski definition) is 2. The van der Waals surface area contributed by atoms with Gasteiger partial charge in [0, 0.05) is 11.1 Å². The Morgan fingerprint density at radius 2 is 1.80 bits per heavy atom. The van der Waals surface area contributed by atoms with E-state index in [1.165, 1.54) is 0 Å². The summed E-state index contributed by atoms with van der Waals surface area (Å²) in [5.74, 6) is 0. The summed E-state index contributed by atoms with van der Waals surface area (Å²) >= 11 is 0. The van der Waals surface area contributed by atoms with Gasteiger partial charge in [-0.15, -0.1) is 0 Å². The molecule has 2 heteroatoms. The van der Waals surface area contributed by atoms with Gasteiger partial charge in [0.25, 0.3) is 0 Å². The van der Waals surface area contributed by atoms with Crippen LogP contribution >= 0.6 is 0 Å². The molecule has 0 aliphatic rings. The van der Waals surface area contributed by atoms with Gasteiger partial charge in [-0.1, -0.05) is 42.5 Å². The van der Waals surface area contributed by atoms with Gasteiger partial charge < -0.3 is 10.8 Å². The predicted molar refractivity (Wildman–Crippen MR) is 64.5 cm³/mol. The normalized spacial score (nSPS) is 11.3. The molecule has 0 spiro atoms. The molecule has 0 aliphatic heterocycles. The lowest BCUT2D eigenvalue weighted by Gasteiger charge is -2.04. The van der Waals surface area contributed by atoms with E-state index in [0.29, 0.717) is 0 Å². The van der Waals surface area contributed by atoms with Crippen molar-refractivity contribution in [1.29, 1.82) is 0 Å². The van der Waals surface area contributed by atoms with Gasteiger partial charge in [0.2, 0.25) is 0 Å². The molecule has 15 heavy (non-hydrogen) atoms. The highest BCUT2D eigenvalue weighted by molar-refractivity contribution is 5.98. The van der Waals surface area contributed by atoms with Crippen LogP contribution in [-0.2, 0) is 0 Å². The largest absolute Gasteiger partial charge is 0.398 e. The second-order valence-corrected chi connectivity index (χ2v) is 3.37. The minimum atomic E-state index is 0.0543. The lowest BCUT2D eigenvalue weighted by atomic mass is 10.0. The van der Waals surface area contributed by atoms with Crippen molar-refractivity contribution in [1.82, 2.24) is 0 Å². The van der Waals surface area contributed by atoms with Crippen molar-refractivity contribution in [2.45, 2.75) is 0 Å². The van der Waals surface area contributed by atoms with Crippen molar-refractivity contribution in [3.63, 3.8) is 0 Å². The second-order valence-electron chi connectivity index (χ2n) is 3.37. The van der Waals surface area contributed by atoms with Crippen LogP contribution < -0.4 is 5.73 Å². The number of nitrogens with two attached hydrogens (primary N) is 1. The first-order chi connectivity index (χ1) is 7.33. The molecule has 0 saturated heterocycles. The topological polar surface area (TPSA) is 46.2 Å². The lowest BCUT2D eigenvalue weighted by Crippen LogP contribution is -1.88. The highest BCUT2D eigenvalue weighted by atomic mass is 16.2. The van der Waals surface area contributed by atoms with Crippen LogP contribution in [0, 0.1) is 0 Å². The van der Waals surface area contributed by atoms with Crippen LogP contribution in [-0.4, -0.2) is 11.7 Å². The van der Waals surface area contributed by atoms with Gasteiger partial charge in [-0.25, -0.2) is 0 Å². The summed E-state index contributed by atoms with van der Waals surface area (Å²) in [6.07, 6.45) is 3.62. The van der Waals surface area contributed by atoms with E-state index < -0.39 is 0 Å². The van der Waals surface area contributed by atoms with Crippen LogP contribution in [0.5, 0.6) is 0 Å². The standard InChI is InChI=1S/C13H13NO/c14-13-8-7-10(4-3-9-15)11-5-1-2-6-12(11)13/h1-8,15H,9,14H2. The molecule has 0 aliphatic carbocycles. The number of fused-ring (bicyclic) bond motifs is 1. The van der Waals surface area contributed by atoms with E-state index in [1.807, 2.05) is 42.5 Å². The number of benzene rings is 2. The summed E-state index contributed by atoms with van der Waals surface area (Å²) in [4.78, 5) is 0. The van der Waals surface area contributed by atoms with Gasteiger partial charge >= 0.3 is 0 Å². The molecule has 76 valence electrons. The van der Waals surface area contributed by atoms with E-state index in [0.717, 1.165) is 22.0 Å². The number of rotatable bonds is 2. The Morgan fingerprint density at radius 1 is 1.07 bits per heavy atom. The van der Waals surface area contributed by atoms with Crippen molar-refractivity contribution in [3.8, 4) is 0 Å². The molecule has 2 aromatic rings. The van der Waals surface area contributed by atoms with Crippen molar-refractivity contribution in [2.75, 3.05) is 12.3 Å². The molecule has 2 rings (SSSR count). The van der Waals surface area contributed by atoms with Gasteiger partial charge in [-0.3, -0.25) is 0 Å². The smallest absolute Gasteiger partial charge is 0.0615 e. The SMILES string of the molecule is Nc1ccc(C=CCO)c2ccccc12. The van der Waals surface area contributed by atoms with E-state index in [4.69, 9.17) is 10.8 Å². The summed E-state index contributed by atoms with van der Waals surface area (Å²) in [6, 6.07) is 11.8. The molecule has 0 bridgehead atoms. The molecular weight excluding hydrogens is 186 g/mol. The number of aliphatic hydroxyl groups is 1. The van der Waals surface area contributed by atoms with E-state index in [1.54, 1.807) is 6.08 Å². The number of anilines is 1. The zero-order chi connectivity index (χ0) is 10.7. The Labute approximate surface area is 88.7 Å². The first-order valence-corrected chi connectivity index (χ1v) is 4.87. The first kappa shape index (κ1) is 9.74. The summed E-state index contributed by atoms with van der Waals surface area (Å²) < 4.78 is 0. The summed E-state index contributed by atoms with van der Waals surface area (Å²) in [5.41, 5.74) is 7.74. The third-order valence-corrected chi connectivity index (χ3v) is 2.39. The van der Waals surface area contributed by atoms with Gasteiger partial charge in [-0.05, 0) is 17.0 Å². The minimum Gasteiger partial charge on any atom is -0.398 e. The fraction of sp³-hybridized carbons (Fsp3) is 0.0769. The Hall–Kier alpha value is -1.80. The fourth-order valence-electron chi connectivity index (χ4n) is 1.67. The second kappa shape index (κ2) is 4.15. The van der Waals surface area contributed by atoms with E-state index in [9.17, 15) is 0 Å². The summed E-state index contributed by atoms with van der Waals surface area (Å²) in [6.45, 7) is 0.0543. The molecule has 0 radical (unpaired) electrons. The molecule has 0 aromatic heterocycles.